The van der Waals surface area contributed by atoms with E-state index < -0.39 is 17.8 Å². The van der Waals surface area contributed by atoms with Crippen LogP contribution in [0, 0.1) is 0 Å². The Morgan fingerprint density at radius 1 is 1.44 bits per heavy atom. The van der Waals surface area contributed by atoms with E-state index in [1.54, 1.807) is 18.0 Å². The van der Waals surface area contributed by atoms with Crippen LogP contribution in [0.3, 0.4) is 0 Å². The summed E-state index contributed by atoms with van der Waals surface area (Å²) in [4.78, 5) is 21.8. The minimum absolute atomic E-state index is 0.0907. The third-order valence-corrected chi connectivity index (χ3v) is 4.24. The number of benzene rings is 1. The van der Waals surface area contributed by atoms with Crippen molar-refractivity contribution in [2.24, 2.45) is 0 Å². The summed E-state index contributed by atoms with van der Waals surface area (Å²) < 4.78 is 51.0. The zero-order valence-corrected chi connectivity index (χ0v) is 14.8. The first-order valence-electron chi connectivity index (χ1n) is 8.31. The molecular formula is C17H19F3N4O3. The number of methoxy groups -OCH3 is 1. The SMILES string of the molecule is CCN(C(=O)OC)c1cc2c(c(C(F)(F)F)c1)OCCN2Cc1c[nH]cn1. The number of imidazole rings is 1. The molecule has 2 aromatic rings. The van der Waals surface area contributed by atoms with Crippen LogP contribution >= 0.6 is 0 Å². The maximum absolute atomic E-state index is 13.7. The molecule has 2 heterocycles. The molecule has 3 rings (SSSR count). The Morgan fingerprint density at radius 3 is 2.81 bits per heavy atom. The van der Waals surface area contributed by atoms with Gasteiger partial charge in [0.1, 0.15) is 12.2 Å². The highest BCUT2D eigenvalue weighted by atomic mass is 19.4. The van der Waals surface area contributed by atoms with Crippen molar-refractivity contribution >= 4 is 17.5 Å². The minimum Gasteiger partial charge on any atom is -0.489 e. The number of anilines is 2. The summed E-state index contributed by atoms with van der Waals surface area (Å²) in [6.45, 7) is 2.63. The molecule has 10 heteroatoms. The Hall–Kier alpha value is -2.91. The van der Waals surface area contributed by atoms with Crippen molar-refractivity contribution in [3.05, 3.63) is 35.9 Å². The number of H-pyrrole nitrogens is 1. The highest BCUT2D eigenvalue weighted by molar-refractivity contribution is 5.89. The fraction of sp³-hybridized carbons (Fsp3) is 0.412. The van der Waals surface area contributed by atoms with Gasteiger partial charge in [-0.3, -0.25) is 4.90 Å². The number of nitrogens with zero attached hydrogens (tertiary/aromatic N) is 3. The smallest absolute Gasteiger partial charge is 0.420 e. The van der Waals surface area contributed by atoms with E-state index in [1.807, 2.05) is 0 Å². The van der Waals surface area contributed by atoms with E-state index in [0.717, 1.165) is 11.0 Å². The van der Waals surface area contributed by atoms with E-state index >= 15 is 0 Å². The molecule has 27 heavy (non-hydrogen) atoms. The van der Waals surface area contributed by atoms with Crippen LogP contribution in [0.15, 0.2) is 24.7 Å². The summed E-state index contributed by atoms with van der Waals surface area (Å²) in [7, 11) is 1.18. The molecule has 0 fully saturated rings. The Labute approximate surface area is 153 Å². The standard InChI is InChI=1S/C17H19F3N4O3/c1-3-24(16(25)26-2)12-6-13(17(18,19)20)15-14(7-12)23(4-5-27-15)9-11-8-21-10-22-11/h6-8,10H,3-5,9H2,1-2H3,(H,21,22). The predicted octanol–water partition coefficient (Wildman–Crippen LogP) is 3.42. The van der Waals surface area contributed by atoms with Crippen molar-refractivity contribution in [3.8, 4) is 5.75 Å². The number of halogens is 3. The number of hydrogen-bond acceptors (Lipinski definition) is 5. The van der Waals surface area contributed by atoms with Crippen LogP contribution in [0.4, 0.5) is 29.3 Å². The summed E-state index contributed by atoms with van der Waals surface area (Å²) in [5.74, 6) is -0.242. The molecule has 146 valence electrons. The number of nitrogens with one attached hydrogen (secondary N) is 1. The van der Waals surface area contributed by atoms with E-state index in [9.17, 15) is 18.0 Å². The molecule has 0 atom stereocenters. The lowest BCUT2D eigenvalue weighted by atomic mass is 10.1. The number of hydrogen-bond donors (Lipinski definition) is 1. The van der Waals surface area contributed by atoms with Gasteiger partial charge < -0.3 is 19.4 Å². The van der Waals surface area contributed by atoms with Crippen LogP contribution in [0.1, 0.15) is 18.2 Å². The summed E-state index contributed by atoms with van der Waals surface area (Å²) in [6, 6.07) is 2.42. The van der Waals surface area contributed by atoms with Crippen LogP contribution in [0.25, 0.3) is 0 Å². The first-order chi connectivity index (χ1) is 12.8. The fourth-order valence-corrected chi connectivity index (χ4v) is 2.99. The molecule has 0 saturated carbocycles. The molecular weight excluding hydrogens is 365 g/mol. The number of aromatic amines is 1. The highest BCUT2D eigenvalue weighted by Crippen LogP contribution is 2.46. The second-order valence-corrected chi connectivity index (χ2v) is 5.88. The predicted molar refractivity (Wildman–Crippen MR) is 92.0 cm³/mol. The molecule has 0 saturated heterocycles. The summed E-state index contributed by atoms with van der Waals surface area (Å²) >= 11 is 0. The third kappa shape index (κ3) is 3.79. The largest absolute Gasteiger partial charge is 0.489 e. The second kappa shape index (κ2) is 7.37. The molecule has 7 nitrogen and oxygen atoms in total. The summed E-state index contributed by atoms with van der Waals surface area (Å²) in [5, 5.41) is 0. The van der Waals surface area contributed by atoms with Gasteiger partial charge in [0.05, 0.1) is 37.9 Å². The van der Waals surface area contributed by atoms with Crippen LogP contribution < -0.4 is 14.5 Å². The van der Waals surface area contributed by atoms with Gasteiger partial charge in [0.2, 0.25) is 0 Å². The molecule has 1 aromatic heterocycles. The maximum atomic E-state index is 13.7. The molecule has 0 bridgehead atoms. The van der Waals surface area contributed by atoms with Gasteiger partial charge in [0, 0.05) is 18.4 Å². The van der Waals surface area contributed by atoms with Crippen LogP contribution in [-0.2, 0) is 17.5 Å². The van der Waals surface area contributed by atoms with Crippen LogP contribution in [-0.4, -0.2) is 42.9 Å². The van der Waals surface area contributed by atoms with E-state index in [4.69, 9.17) is 4.74 Å². The molecule has 1 aromatic carbocycles. The molecule has 1 N–H and O–H groups in total. The molecule has 1 amide bonds. The number of ether oxygens (including phenoxy) is 2. The van der Waals surface area contributed by atoms with Gasteiger partial charge >= 0.3 is 12.3 Å². The van der Waals surface area contributed by atoms with Crippen molar-refractivity contribution in [2.75, 3.05) is 36.6 Å². The van der Waals surface area contributed by atoms with Crippen LogP contribution in [0.5, 0.6) is 5.75 Å². The van der Waals surface area contributed by atoms with Gasteiger partial charge in [0.15, 0.2) is 5.75 Å². The van der Waals surface area contributed by atoms with Crippen LogP contribution in [0.2, 0.25) is 0 Å². The number of carbonyl (C=O) groups excluding carboxylic acids is 1. The average molecular weight is 384 g/mol. The molecule has 1 aliphatic rings. The lowest BCUT2D eigenvalue weighted by Crippen LogP contribution is -2.35. The Balaban J connectivity index is 2.11. The number of amides is 1. The van der Waals surface area contributed by atoms with Gasteiger partial charge in [-0.1, -0.05) is 0 Å². The molecule has 0 unspecified atom stereocenters. The number of carbonyl (C=O) groups is 1. The Bertz CT molecular complexity index is 808. The highest BCUT2D eigenvalue weighted by Gasteiger charge is 2.39. The zero-order chi connectivity index (χ0) is 19.6. The quantitative estimate of drug-likeness (QED) is 0.875. The van der Waals surface area contributed by atoms with Gasteiger partial charge in [-0.15, -0.1) is 0 Å². The van der Waals surface area contributed by atoms with Gasteiger partial charge in [-0.25, -0.2) is 9.78 Å². The number of aromatic nitrogens is 2. The topological polar surface area (TPSA) is 70.7 Å². The average Bonchev–Trinajstić information content (AvgIpc) is 3.14. The van der Waals surface area contributed by atoms with Gasteiger partial charge in [-0.2, -0.15) is 13.2 Å². The van der Waals surface area contributed by atoms with Crippen molar-refractivity contribution < 1.29 is 27.4 Å². The van der Waals surface area contributed by atoms with Crippen molar-refractivity contribution in [2.45, 2.75) is 19.6 Å². The summed E-state index contributed by atoms with van der Waals surface area (Å²) in [6.07, 6.45) is -2.19. The van der Waals surface area contributed by atoms with E-state index in [2.05, 4.69) is 14.7 Å². The molecule has 0 spiro atoms. The summed E-state index contributed by atoms with van der Waals surface area (Å²) in [5.41, 5.74) is 0.107. The second-order valence-electron chi connectivity index (χ2n) is 5.88. The normalized spacial score (nSPS) is 13.7. The monoisotopic (exact) mass is 384 g/mol. The maximum Gasteiger partial charge on any atom is 0.420 e. The van der Waals surface area contributed by atoms with Crippen molar-refractivity contribution in [1.29, 1.82) is 0 Å². The minimum atomic E-state index is -4.63. The zero-order valence-electron chi connectivity index (χ0n) is 14.8. The van der Waals surface area contributed by atoms with E-state index in [1.165, 1.54) is 19.5 Å². The lowest BCUT2D eigenvalue weighted by molar-refractivity contribution is -0.139. The third-order valence-electron chi connectivity index (χ3n) is 4.24. The van der Waals surface area contributed by atoms with Crippen molar-refractivity contribution in [1.82, 2.24) is 9.97 Å². The Morgan fingerprint density at radius 2 is 2.22 bits per heavy atom. The molecule has 0 radical (unpaired) electrons. The number of rotatable bonds is 4. The Kier molecular flexibility index (Phi) is 5.15. The fourth-order valence-electron chi connectivity index (χ4n) is 2.99. The molecule has 0 aliphatic carbocycles. The first-order valence-corrected chi connectivity index (χ1v) is 8.31. The number of fused-ring (bicyclic) bond motifs is 1. The van der Waals surface area contributed by atoms with E-state index in [-0.39, 0.29) is 30.3 Å². The lowest BCUT2D eigenvalue weighted by Gasteiger charge is -2.34. The first kappa shape index (κ1) is 18.9. The molecule has 1 aliphatic heterocycles. The number of alkyl halides is 3. The van der Waals surface area contributed by atoms with Gasteiger partial charge in [0.25, 0.3) is 0 Å². The van der Waals surface area contributed by atoms with E-state index in [0.29, 0.717) is 18.8 Å². The van der Waals surface area contributed by atoms with Crippen molar-refractivity contribution in [3.63, 3.8) is 0 Å². The van der Waals surface area contributed by atoms with Gasteiger partial charge in [-0.05, 0) is 19.1 Å².